The Bertz CT molecular complexity index is 1420. The van der Waals surface area contributed by atoms with Crippen molar-refractivity contribution >= 4 is 34.1 Å². The van der Waals surface area contributed by atoms with Gasteiger partial charge in [-0.2, -0.15) is 5.10 Å². The van der Waals surface area contributed by atoms with Gasteiger partial charge in [0.05, 0.1) is 17.5 Å². The largest absolute Gasteiger partial charge is 0.481 e. The van der Waals surface area contributed by atoms with Gasteiger partial charge in [-0.05, 0) is 32.9 Å². The Morgan fingerprint density at radius 1 is 1.09 bits per heavy atom. The van der Waals surface area contributed by atoms with Crippen LogP contribution in [-0.4, -0.2) is 52.1 Å². The zero-order valence-corrected chi connectivity index (χ0v) is 17.6. The third-order valence-corrected chi connectivity index (χ3v) is 4.47. The molecule has 0 spiro atoms. The predicted molar refractivity (Wildman–Crippen MR) is 113 cm³/mol. The number of aliphatic carboxylic acids is 1. The summed E-state index contributed by atoms with van der Waals surface area (Å²) in [6.45, 7) is 5.04. The molecule has 4 aromatic rings. The molecule has 164 valence electrons. The Hall–Kier alpha value is -4.15. The van der Waals surface area contributed by atoms with Gasteiger partial charge < -0.3 is 9.84 Å². The van der Waals surface area contributed by atoms with Gasteiger partial charge in [0.15, 0.2) is 5.52 Å². The van der Waals surface area contributed by atoms with Crippen molar-refractivity contribution in [3.8, 4) is 0 Å². The van der Waals surface area contributed by atoms with E-state index >= 15 is 0 Å². The fourth-order valence-electron chi connectivity index (χ4n) is 3.26. The smallest absolute Gasteiger partial charge is 0.420 e. The lowest BCUT2D eigenvalue weighted by Gasteiger charge is -2.20. The first-order valence-electron chi connectivity index (χ1n) is 9.76. The average Bonchev–Trinajstić information content (AvgIpc) is 3.08. The summed E-state index contributed by atoms with van der Waals surface area (Å²) in [5, 5.41) is 13.4. The molecule has 0 saturated heterocycles. The Morgan fingerprint density at radius 3 is 2.47 bits per heavy atom. The van der Waals surface area contributed by atoms with Crippen LogP contribution in [-0.2, 0) is 22.5 Å². The molecule has 1 N–H and O–H groups in total. The van der Waals surface area contributed by atoms with Crippen LogP contribution in [0.4, 0.5) is 4.79 Å². The Balaban J connectivity index is 1.88. The molecule has 1 aromatic carbocycles. The summed E-state index contributed by atoms with van der Waals surface area (Å²) in [6.07, 6.45) is 1.61. The zero-order valence-electron chi connectivity index (χ0n) is 17.6. The van der Waals surface area contributed by atoms with Crippen LogP contribution >= 0.6 is 0 Å². The minimum Gasteiger partial charge on any atom is -0.481 e. The van der Waals surface area contributed by atoms with Gasteiger partial charge >= 0.3 is 12.1 Å². The van der Waals surface area contributed by atoms with Gasteiger partial charge in [-0.25, -0.2) is 24.0 Å². The fourth-order valence-corrected chi connectivity index (χ4v) is 3.26. The Morgan fingerprint density at radius 2 is 1.78 bits per heavy atom. The van der Waals surface area contributed by atoms with Gasteiger partial charge in [-0.15, -0.1) is 0 Å². The van der Waals surface area contributed by atoms with E-state index in [2.05, 4.69) is 20.1 Å². The molecule has 0 radical (unpaired) electrons. The second-order valence-corrected chi connectivity index (χ2v) is 8.07. The molecular weight excluding hydrogens is 416 g/mol. The van der Waals surface area contributed by atoms with E-state index in [0.717, 1.165) is 4.68 Å². The number of hydrogen-bond acceptors (Lipinski definition) is 8. The standard InChI is InChI=1S/C21H20N6O5/c1-21(2,3)32-20(31)27-14-7-5-4-6-12(14)24-15(27)11-26-19(30)18-17(22-8-9-23-18)13(25-26)10-16(28)29/h4-9H,10-11H2,1-3H3,(H,28,29). The van der Waals surface area contributed by atoms with Crippen LogP contribution in [0.25, 0.3) is 22.1 Å². The molecule has 0 saturated carbocycles. The number of rotatable bonds is 4. The van der Waals surface area contributed by atoms with Crippen LogP contribution in [0.15, 0.2) is 41.5 Å². The second-order valence-electron chi connectivity index (χ2n) is 8.07. The molecule has 3 heterocycles. The zero-order chi connectivity index (χ0) is 23.0. The number of carbonyl (C=O) groups excluding carboxylic acids is 1. The summed E-state index contributed by atoms with van der Waals surface area (Å²) in [4.78, 5) is 49.9. The average molecular weight is 436 g/mol. The number of fused-ring (bicyclic) bond motifs is 2. The van der Waals surface area contributed by atoms with Crippen molar-refractivity contribution in [1.82, 2.24) is 29.3 Å². The number of hydrogen-bond donors (Lipinski definition) is 1. The predicted octanol–water partition coefficient (Wildman–Crippen LogP) is 1.99. The minimum absolute atomic E-state index is 0.0151. The maximum atomic E-state index is 13.0. The Kier molecular flexibility index (Phi) is 5.17. The maximum absolute atomic E-state index is 13.0. The summed E-state index contributed by atoms with van der Waals surface area (Å²) in [5.41, 5.74) is -0.0910. The molecule has 11 nitrogen and oxygen atoms in total. The topological polar surface area (TPSA) is 142 Å². The highest BCUT2D eigenvalue weighted by Crippen LogP contribution is 2.19. The van der Waals surface area contributed by atoms with Crippen LogP contribution in [0, 0.1) is 0 Å². The Labute approximate surface area is 181 Å². The molecule has 0 aliphatic carbocycles. The first kappa shape index (κ1) is 21.1. The first-order chi connectivity index (χ1) is 15.1. The molecule has 32 heavy (non-hydrogen) atoms. The fraction of sp³-hybridized carbons (Fsp3) is 0.286. The van der Waals surface area contributed by atoms with Crippen LogP contribution < -0.4 is 5.56 Å². The van der Waals surface area contributed by atoms with E-state index in [4.69, 9.17) is 4.74 Å². The quantitative estimate of drug-likeness (QED) is 0.508. The van der Waals surface area contributed by atoms with Gasteiger partial charge in [0, 0.05) is 12.4 Å². The van der Waals surface area contributed by atoms with Crippen LogP contribution in [0.1, 0.15) is 32.3 Å². The van der Waals surface area contributed by atoms with Crippen molar-refractivity contribution in [3.63, 3.8) is 0 Å². The summed E-state index contributed by atoms with van der Waals surface area (Å²) in [6, 6.07) is 6.99. The molecule has 0 atom stereocenters. The molecule has 0 amide bonds. The van der Waals surface area contributed by atoms with Gasteiger partial charge in [0.2, 0.25) is 0 Å². The highest BCUT2D eigenvalue weighted by molar-refractivity contribution is 5.87. The molecule has 3 aromatic heterocycles. The summed E-state index contributed by atoms with van der Waals surface area (Å²) in [5.74, 6) is -0.921. The first-order valence-corrected chi connectivity index (χ1v) is 9.76. The SMILES string of the molecule is CC(C)(C)OC(=O)n1c(Cn2nc(CC(=O)O)c3nccnc3c2=O)nc2ccccc21. The van der Waals surface area contributed by atoms with E-state index in [1.165, 1.54) is 17.0 Å². The number of carboxylic acid groups (broad SMARTS) is 1. The minimum atomic E-state index is -1.13. The van der Waals surface area contributed by atoms with E-state index in [1.807, 2.05) is 0 Å². The number of carboxylic acids is 1. The molecule has 0 bridgehead atoms. The van der Waals surface area contributed by atoms with Crippen molar-refractivity contribution in [1.29, 1.82) is 0 Å². The van der Waals surface area contributed by atoms with Crippen LogP contribution in [0.3, 0.4) is 0 Å². The highest BCUT2D eigenvalue weighted by Gasteiger charge is 2.24. The number of benzene rings is 1. The normalized spacial score (nSPS) is 11.7. The third kappa shape index (κ3) is 4.04. The third-order valence-electron chi connectivity index (χ3n) is 4.47. The van der Waals surface area contributed by atoms with Gasteiger partial charge in [0.1, 0.15) is 29.2 Å². The van der Waals surface area contributed by atoms with Crippen LogP contribution in [0.2, 0.25) is 0 Å². The van der Waals surface area contributed by atoms with Crippen molar-refractivity contribution in [2.24, 2.45) is 0 Å². The number of ether oxygens (including phenoxy) is 1. The number of nitrogens with zero attached hydrogens (tertiary/aromatic N) is 6. The molecule has 0 aliphatic rings. The highest BCUT2D eigenvalue weighted by atomic mass is 16.6. The van der Waals surface area contributed by atoms with E-state index < -0.39 is 29.6 Å². The lowest BCUT2D eigenvalue weighted by atomic mass is 10.2. The number of para-hydroxylation sites is 2. The van der Waals surface area contributed by atoms with Crippen molar-refractivity contribution in [3.05, 3.63) is 58.5 Å². The molecule has 4 rings (SSSR count). The van der Waals surface area contributed by atoms with Crippen molar-refractivity contribution in [2.45, 2.75) is 39.3 Å². The summed E-state index contributed by atoms with van der Waals surface area (Å²) < 4.78 is 7.84. The molecule has 11 heteroatoms. The van der Waals surface area contributed by atoms with E-state index in [-0.39, 0.29) is 29.1 Å². The lowest BCUT2D eigenvalue weighted by Crippen LogP contribution is -2.31. The van der Waals surface area contributed by atoms with Crippen molar-refractivity contribution < 1.29 is 19.4 Å². The van der Waals surface area contributed by atoms with Gasteiger partial charge in [-0.3, -0.25) is 14.6 Å². The monoisotopic (exact) mass is 436 g/mol. The lowest BCUT2D eigenvalue weighted by molar-refractivity contribution is -0.136. The van der Waals surface area contributed by atoms with E-state index in [9.17, 15) is 19.5 Å². The second kappa shape index (κ2) is 7.84. The molecule has 0 unspecified atom stereocenters. The van der Waals surface area contributed by atoms with Gasteiger partial charge in [0.25, 0.3) is 5.56 Å². The summed E-state index contributed by atoms with van der Waals surface area (Å²) >= 11 is 0. The number of imidazole rings is 1. The van der Waals surface area contributed by atoms with Crippen LogP contribution in [0.5, 0.6) is 0 Å². The molecule has 0 fully saturated rings. The van der Waals surface area contributed by atoms with E-state index in [0.29, 0.717) is 11.0 Å². The van der Waals surface area contributed by atoms with E-state index in [1.54, 1.807) is 45.0 Å². The molecule has 0 aliphatic heterocycles. The number of carbonyl (C=O) groups is 2. The van der Waals surface area contributed by atoms with Gasteiger partial charge in [-0.1, -0.05) is 12.1 Å². The molecular formula is C21H20N6O5. The number of aromatic nitrogens is 6. The van der Waals surface area contributed by atoms with Crippen molar-refractivity contribution in [2.75, 3.05) is 0 Å². The summed E-state index contributed by atoms with van der Waals surface area (Å²) in [7, 11) is 0. The maximum Gasteiger partial charge on any atom is 0.420 e.